The Balaban J connectivity index is 1.56. The summed E-state index contributed by atoms with van der Waals surface area (Å²) in [5.41, 5.74) is 1.38. The molecule has 1 fully saturated rings. The van der Waals surface area contributed by atoms with E-state index in [1.54, 1.807) is 34.5 Å². The minimum atomic E-state index is -0.172. The van der Waals surface area contributed by atoms with Crippen LogP contribution in [-0.4, -0.2) is 25.7 Å². The zero-order valence-electron chi connectivity index (χ0n) is 13.2. The van der Waals surface area contributed by atoms with Crippen LogP contribution in [0.5, 0.6) is 0 Å². The number of thiazole rings is 1. The standard InChI is InChI=1S/C17H17N5OS/c1-11-10-24-17(19-11)15(12-6-7-12)21-16(23)13-4-2-5-14(20-13)22-9-3-8-18-22/h2-5,8-10,12,15H,6-7H2,1H3,(H,21,23)/t15-/m1/s1. The van der Waals surface area contributed by atoms with Crippen molar-refractivity contribution < 1.29 is 4.79 Å². The highest BCUT2D eigenvalue weighted by molar-refractivity contribution is 7.09. The first-order chi connectivity index (χ1) is 11.7. The molecule has 3 heterocycles. The van der Waals surface area contributed by atoms with E-state index in [1.165, 1.54) is 0 Å². The molecular weight excluding hydrogens is 322 g/mol. The molecule has 6 nitrogen and oxygen atoms in total. The van der Waals surface area contributed by atoms with Crippen molar-refractivity contribution in [1.82, 2.24) is 25.1 Å². The number of aromatic nitrogens is 4. The number of carbonyl (C=O) groups excluding carboxylic acids is 1. The van der Waals surface area contributed by atoms with E-state index in [4.69, 9.17) is 0 Å². The maximum atomic E-state index is 12.7. The van der Waals surface area contributed by atoms with Crippen molar-refractivity contribution in [3.8, 4) is 5.82 Å². The molecule has 3 aromatic rings. The van der Waals surface area contributed by atoms with Crippen LogP contribution in [0.3, 0.4) is 0 Å². The predicted molar refractivity (Wildman–Crippen MR) is 91.1 cm³/mol. The molecule has 1 saturated carbocycles. The fraction of sp³-hybridized carbons (Fsp3) is 0.294. The van der Waals surface area contributed by atoms with Crippen molar-refractivity contribution in [1.29, 1.82) is 0 Å². The molecule has 1 amide bonds. The lowest BCUT2D eigenvalue weighted by atomic mass is 10.2. The molecule has 1 aliphatic rings. The first-order valence-electron chi connectivity index (χ1n) is 7.90. The van der Waals surface area contributed by atoms with Crippen molar-refractivity contribution >= 4 is 17.2 Å². The lowest BCUT2D eigenvalue weighted by molar-refractivity contribution is 0.0926. The molecule has 0 saturated heterocycles. The van der Waals surface area contributed by atoms with Gasteiger partial charge in [0.25, 0.3) is 5.91 Å². The van der Waals surface area contributed by atoms with Gasteiger partial charge in [-0.05, 0) is 43.9 Å². The van der Waals surface area contributed by atoms with Gasteiger partial charge >= 0.3 is 0 Å². The molecule has 1 atom stereocenters. The molecule has 0 aliphatic heterocycles. The summed E-state index contributed by atoms with van der Waals surface area (Å²) < 4.78 is 1.64. The number of amides is 1. The highest BCUT2D eigenvalue weighted by atomic mass is 32.1. The molecule has 3 aromatic heterocycles. The van der Waals surface area contributed by atoms with Crippen molar-refractivity contribution in [2.24, 2.45) is 5.92 Å². The molecule has 0 aromatic carbocycles. The summed E-state index contributed by atoms with van der Waals surface area (Å²) in [6, 6.07) is 7.17. The third kappa shape index (κ3) is 3.07. The number of hydrogen-bond donors (Lipinski definition) is 1. The molecule has 1 N–H and O–H groups in total. The van der Waals surface area contributed by atoms with Crippen molar-refractivity contribution in [2.45, 2.75) is 25.8 Å². The van der Waals surface area contributed by atoms with Crippen LogP contribution < -0.4 is 5.32 Å². The number of aryl methyl sites for hydroxylation is 1. The Morgan fingerprint density at radius 2 is 2.21 bits per heavy atom. The fourth-order valence-corrected chi connectivity index (χ4v) is 3.56. The molecule has 24 heavy (non-hydrogen) atoms. The number of pyridine rings is 1. The third-order valence-electron chi connectivity index (χ3n) is 3.99. The maximum absolute atomic E-state index is 12.7. The SMILES string of the molecule is Cc1csc([C@H](NC(=O)c2cccc(-n3cccn3)n2)C2CC2)n1. The van der Waals surface area contributed by atoms with Crippen LogP contribution in [0.15, 0.2) is 42.0 Å². The Kier molecular flexibility index (Phi) is 3.86. The van der Waals surface area contributed by atoms with Gasteiger partial charge in [-0.15, -0.1) is 11.3 Å². The van der Waals surface area contributed by atoms with Gasteiger partial charge in [0.1, 0.15) is 10.7 Å². The lowest BCUT2D eigenvalue weighted by Crippen LogP contribution is -2.30. The summed E-state index contributed by atoms with van der Waals surface area (Å²) in [6.45, 7) is 1.97. The molecule has 0 spiro atoms. The van der Waals surface area contributed by atoms with E-state index in [-0.39, 0.29) is 11.9 Å². The smallest absolute Gasteiger partial charge is 0.270 e. The predicted octanol–water partition coefficient (Wildman–Crippen LogP) is 2.91. The molecule has 0 bridgehead atoms. The van der Waals surface area contributed by atoms with E-state index < -0.39 is 0 Å². The summed E-state index contributed by atoms with van der Waals surface area (Å²) in [4.78, 5) is 21.6. The van der Waals surface area contributed by atoms with E-state index in [0.29, 0.717) is 17.4 Å². The zero-order valence-corrected chi connectivity index (χ0v) is 14.0. The zero-order chi connectivity index (χ0) is 16.5. The Labute approximate surface area is 143 Å². The van der Waals surface area contributed by atoms with Gasteiger partial charge in [0.15, 0.2) is 5.82 Å². The number of nitrogens with one attached hydrogen (secondary N) is 1. The molecule has 122 valence electrons. The van der Waals surface area contributed by atoms with Gasteiger partial charge in [0.2, 0.25) is 0 Å². The van der Waals surface area contributed by atoms with Crippen molar-refractivity contribution in [2.75, 3.05) is 0 Å². The Bertz CT molecular complexity index is 854. The Morgan fingerprint density at radius 1 is 1.33 bits per heavy atom. The maximum Gasteiger partial charge on any atom is 0.270 e. The van der Waals surface area contributed by atoms with Crippen LogP contribution in [0.4, 0.5) is 0 Å². The molecule has 7 heteroatoms. The Morgan fingerprint density at radius 3 is 2.88 bits per heavy atom. The molecular formula is C17H17N5OS. The summed E-state index contributed by atoms with van der Waals surface area (Å²) in [5.74, 6) is 0.934. The van der Waals surface area contributed by atoms with Crippen LogP contribution in [0, 0.1) is 12.8 Å². The average Bonchev–Trinajstić information content (AvgIpc) is 3.10. The number of hydrogen-bond acceptors (Lipinski definition) is 5. The fourth-order valence-electron chi connectivity index (χ4n) is 2.62. The van der Waals surface area contributed by atoms with E-state index in [9.17, 15) is 4.79 Å². The topological polar surface area (TPSA) is 72.7 Å². The van der Waals surface area contributed by atoms with Gasteiger partial charge in [-0.2, -0.15) is 5.10 Å². The van der Waals surface area contributed by atoms with Crippen LogP contribution in [0.2, 0.25) is 0 Å². The van der Waals surface area contributed by atoms with Gasteiger partial charge in [-0.25, -0.2) is 14.6 Å². The van der Waals surface area contributed by atoms with Gasteiger partial charge < -0.3 is 5.32 Å². The second-order valence-electron chi connectivity index (χ2n) is 5.95. The number of carbonyl (C=O) groups is 1. The van der Waals surface area contributed by atoms with Gasteiger partial charge in [0, 0.05) is 23.5 Å². The lowest BCUT2D eigenvalue weighted by Gasteiger charge is -2.15. The quantitative estimate of drug-likeness (QED) is 0.776. The van der Waals surface area contributed by atoms with Crippen LogP contribution in [-0.2, 0) is 0 Å². The normalized spacial score (nSPS) is 15.2. The van der Waals surface area contributed by atoms with Crippen LogP contribution >= 0.6 is 11.3 Å². The first kappa shape index (κ1) is 15.0. The largest absolute Gasteiger partial charge is 0.341 e. The van der Waals surface area contributed by atoms with Crippen LogP contribution in [0.25, 0.3) is 5.82 Å². The molecule has 1 aliphatic carbocycles. The van der Waals surface area contributed by atoms with Crippen molar-refractivity contribution in [3.63, 3.8) is 0 Å². The summed E-state index contributed by atoms with van der Waals surface area (Å²) in [5, 5.41) is 10.3. The molecule has 0 unspecified atom stereocenters. The number of rotatable bonds is 5. The molecule has 0 radical (unpaired) electrons. The van der Waals surface area contributed by atoms with E-state index >= 15 is 0 Å². The minimum absolute atomic E-state index is 0.0219. The summed E-state index contributed by atoms with van der Waals surface area (Å²) >= 11 is 1.60. The highest BCUT2D eigenvalue weighted by Gasteiger charge is 2.35. The first-order valence-corrected chi connectivity index (χ1v) is 8.78. The Hall–Kier alpha value is -2.54. The summed E-state index contributed by atoms with van der Waals surface area (Å²) in [7, 11) is 0. The van der Waals surface area contributed by atoms with Crippen LogP contribution in [0.1, 0.15) is 40.1 Å². The van der Waals surface area contributed by atoms with Gasteiger partial charge in [-0.3, -0.25) is 4.79 Å². The van der Waals surface area contributed by atoms with E-state index in [2.05, 4.69) is 20.4 Å². The molecule has 4 rings (SSSR count). The number of nitrogens with zero attached hydrogens (tertiary/aromatic N) is 4. The van der Waals surface area contributed by atoms with E-state index in [1.807, 2.05) is 30.5 Å². The second kappa shape index (κ2) is 6.16. The average molecular weight is 339 g/mol. The van der Waals surface area contributed by atoms with Gasteiger partial charge in [0.05, 0.1) is 6.04 Å². The third-order valence-corrected chi connectivity index (χ3v) is 5.03. The second-order valence-corrected chi connectivity index (χ2v) is 6.84. The monoisotopic (exact) mass is 339 g/mol. The van der Waals surface area contributed by atoms with Gasteiger partial charge in [-0.1, -0.05) is 6.07 Å². The highest BCUT2D eigenvalue weighted by Crippen LogP contribution is 2.41. The van der Waals surface area contributed by atoms with Crippen molar-refractivity contribution in [3.05, 3.63) is 58.4 Å². The summed E-state index contributed by atoms with van der Waals surface area (Å²) in [6.07, 6.45) is 5.74. The minimum Gasteiger partial charge on any atom is -0.341 e. The van der Waals surface area contributed by atoms with E-state index in [0.717, 1.165) is 23.5 Å².